The Morgan fingerprint density at radius 2 is 1.93 bits per heavy atom. The highest BCUT2D eigenvalue weighted by atomic mass is 79.9. The quantitative estimate of drug-likeness (QED) is 0.586. The van der Waals surface area contributed by atoms with Crippen LogP contribution in [0.5, 0.6) is 5.75 Å². The van der Waals surface area contributed by atoms with Gasteiger partial charge in [0.1, 0.15) is 12.3 Å². The molecular weight excluding hydrogens is 464 g/mol. The molecule has 1 unspecified atom stereocenters. The molecule has 9 heteroatoms. The third kappa shape index (κ3) is 6.47. The van der Waals surface area contributed by atoms with Gasteiger partial charge in [-0.25, -0.2) is 0 Å². The number of esters is 1. The summed E-state index contributed by atoms with van der Waals surface area (Å²) in [6.45, 7) is 2.85. The minimum atomic E-state index is -1.08. The van der Waals surface area contributed by atoms with Crippen molar-refractivity contribution in [3.05, 3.63) is 57.0 Å². The molecule has 2 amide bonds. The molecule has 0 aliphatic carbocycles. The first-order chi connectivity index (χ1) is 13.7. The topological polar surface area (TPSA) is 93.7 Å². The molecule has 0 aliphatic heterocycles. The van der Waals surface area contributed by atoms with Crippen molar-refractivity contribution >= 4 is 51.0 Å². The van der Waals surface area contributed by atoms with Crippen molar-refractivity contribution in [3.8, 4) is 5.75 Å². The van der Waals surface area contributed by atoms with Crippen molar-refractivity contribution in [2.75, 3.05) is 19.0 Å². The summed E-state index contributed by atoms with van der Waals surface area (Å²) in [6.07, 6.45) is -1.08. The molecule has 0 saturated heterocycles. The van der Waals surface area contributed by atoms with Crippen molar-refractivity contribution in [2.45, 2.75) is 20.0 Å². The Hall–Kier alpha value is -2.58. The van der Waals surface area contributed by atoms with Crippen LogP contribution in [0.1, 0.15) is 22.8 Å². The number of nitrogens with one attached hydrogen (secondary N) is 2. The number of benzene rings is 2. The maximum Gasteiger partial charge on any atom is 0.326 e. The molecule has 2 aromatic rings. The average Bonchev–Trinajstić information content (AvgIpc) is 2.68. The van der Waals surface area contributed by atoms with Crippen LogP contribution in [0.3, 0.4) is 0 Å². The number of carbonyl (C=O) groups is 3. The number of ether oxygens (including phenoxy) is 2. The molecule has 2 N–H and O–H groups in total. The molecule has 2 aromatic carbocycles. The Morgan fingerprint density at radius 3 is 2.59 bits per heavy atom. The summed E-state index contributed by atoms with van der Waals surface area (Å²) in [7, 11) is 1.45. The molecule has 0 spiro atoms. The van der Waals surface area contributed by atoms with E-state index in [0.29, 0.717) is 22.0 Å². The molecule has 0 radical (unpaired) electrons. The van der Waals surface area contributed by atoms with E-state index in [4.69, 9.17) is 21.1 Å². The molecule has 154 valence electrons. The number of anilines is 1. The molecule has 0 saturated carbocycles. The lowest BCUT2D eigenvalue weighted by molar-refractivity contribution is -0.152. The number of halogens is 2. The van der Waals surface area contributed by atoms with Crippen molar-refractivity contribution in [1.29, 1.82) is 0 Å². The normalized spacial score (nSPS) is 11.3. The summed E-state index contributed by atoms with van der Waals surface area (Å²) < 4.78 is 11.0. The number of rotatable bonds is 7. The second-order valence-corrected chi connectivity index (χ2v) is 7.44. The van der Waals surface area contributed by atoms with Gasteiger partial charge in [0, 0.05) is 21.1 Å². The molecule has 0 fully saturated rings. The van der Waals surface area contributed by atoms with Gasteiger partial charge in [0.05, 0.1) is 12.8 Å². The highest BCUT2D eigenvalue weighted by molar-refractivity contribution is 9.10. The van der Waals surface area contributed by atoms with Crippen molar-refractivity contribution in [3.63, 3.8) is 0 Å². The molecule has 1 atom stereocenters. The molecule has 2 rings (SSSR count). The monoisotopic (exact) mass is 482 g/mol. The predicted octanol–water partition coefficient (Wildman–Crippen LogP) is 3.72. The number of hydrogen-bond donors (Lipinski definition) is 2. The smallest absolute Gasteiger partial charge is 0.326 e. The van der Waals surface area contributed by atoms with Crippen molar-refractivity contribution in [2.24, 2.45) is 0 Å². The van der Waals surface area contributed by atoms with Gasteiger partial charge >= 0.3 is 5.97 Å². The van der Waals surface area contributed by atoms with E-state index in [0.717, 1.165) is 10.0 Å². The van der Waals surface area contributed by atoms with E-state index in [9.17, 15) is 14.4 Å². The van der Waals surface area contributed by atoms with Crippen LogP contribution in [0.2, 0.25) is 5.02 Å². The fourth-order valence-electron chi connectivity index (χ4n) is 2.34. The first-order valence-electron chi connectivity index (χ1n) is 8.59. The average molecular weight is 484 g/mol. The lowest BCUT2D eigenvalue weighted by Crippen LogP contribution is -2.35. The van der Waals surface area contributed by atoms with Gasteiger partial charge in [0.15, 0.2) is 6.10 Å². The summed E-state index contributed by atoms with van der Waals surface area (Å²) in [5, 5.41) is 5.59. The minimum Gasteiger partial charge on any atom is -0.495 e. The lowest BCUT2D eigenvalue weighted by Gasteiger charge is -2.16. The summed E-state index contributed by atoms with van der Waals surface area (Å²) in [4.78, 5) is 36.4. The number of amides is 2. The van der Waals surface area contributed by atoms with Crippen LogP contribution in [0, 0.1) is 6.92 Å². The van der Waals surface area contributed by atoms with Gasteiger partial charge in [0.2, 0.25) is 0 Å². The van der Waals surface area contributed by atoms with Crippen LogP contribution >= 0.6 is 27.5 Å². The zero-order valence-electron chi connectivity index (χ0n) is 16.0. The van der Waals surface area contributed by atoms with Gasteiger partial charge in [0.25, 0.3) is 11.8 Å². The van der Waals surface area contributed by atoms with Crippen LogP contribution < -0.4 is 15.4 Å². The van der Waals surface area contributed by atoms with Gasteiger partial charge in [-0.3, -0.25) is 14.4 Å². The molecule has 29 heavy (non-hydrogen) atoms. The van der Waals surface area contributed by atoms with Crippen LogP contribution in [-0.2, 0) is 14.3 Å². The number of hydrogen-bond acceptors (Lipinski definition) is 5. The Morgan fingerprint density at radius 1 is 1.21 bits per heavy atom. The number of carbonyl (C=O) groups excluding carboxylic acids is 3. The Bertz CT molecular complexity index is 935. The Labute approximate surface area is 181 Å². The largest absolute Gasteiger partial charge is 0.495 e. The number of methoxy groups -OCH3 is 1. The molecule has 7 nitrogen and oxygen atoms in total. The van der Waals surface area contributed by atoms with E-state index >= 15 is 0 Å². The second kappa shape index (κ2) is 10.3. The van der Waals surface area contributed by atoms with Crippen LogP contribution in [0.25, 0.3) is 0 Å². The third-order valence-corrected chi connectivity index (χ3v) is 4.80. The summed E-state index contributed by atoms with van der Waals surface area (Å²) >= 11 is 9.32. The molecule has 0 aliphatic rings. The molecule has 0 bridgehead atoms. The third-order valence-electron chi connectivity index (χ3n) is 3.90. The van der Waals surface area contributed by atoms with E-state index in [2.05, 4.69) is 26.6 Å². The zero-order valence-corrected chi connectivity index (χ0v) is 18.4. The first kappa shape index (κ1) is 22.7. The van der Waals surface area contributed by atoms with Gasteiger partial charge in [-0.15, -0.1) is 0 Å². The summed E-state index contributed by atoms with van der Waals surface area (Å²) in [5.74, 6) is -1.33. The highest BCUT2D eigenvalue weighted by Gasteiger charge is 2.20. The molecular formula is C20H20BrClN2O5. The van der Waals surface area contributed by atoms with Gasteiger partial charge in [-0.2, -0.15) is 0 Å². The van der Waals surface area contributed by atoms with Crippen LogP contribution in [0.15, 0.2) is 40.9 Å². The van der Waals surface area contributed by atoms with E-state index in [1.165, 1.54) is 14.0 Å². The van der Waals surface area contributed by atoms with E-state index in [1.54, 1.807) is 43.3 Å². The Balaban J connectivity index is 1.90. The molecule has 0 heterocycles. The SMILES string of the molecule is COc1cc(Cl)c(C)cc1NC(=O)C(C)OC(=O)CNC(=O)c1cccc(Br)c1. The van der Waals surface area contributed by atoms with E-state index in [1.807, 2.05) is 0 Å². The van der Waals surface area contributed by atoms with Gasteiger partial charge < -0.3 is 20.1 Å². The van der Waals surface area contributed by atoms with E-state index in [-0.39, 0.29) is 6.54 Å². The van der Waals surface area contributed by atoms with E-state index < -0.39 is 23.9 Å². The lowest BCUT2D eigenvalue weighted by atomic mass is 10.2. The first-order valence-corrected chi connectivity index (χ1v) is 9.76. The number of aryl methyl sites for hydroxylation is 1. The fourth-order valence-corrected chi connectivity index (χ4v) is 2.89. The van der Waals surface area contributed by atoms with Crippen molar-refractivity contribution < 1.29 is 23.9 Å². The molecule has 0 aromatic heterocycles. The summed E-state index contributed by atoms with van der Waals surface area (Å²) in [6, 6.07) is 9.96. The van der Waals surface area contributed by atoms with Gasteiger partial charge in [-0.1, -0.05) is 33.6 Å². The summed E-state index contributed by atoms with van der Waals surface area (Å²) in [5.41, 5.74) is 1.55. The fraction of sp³-hybridized carbons (Fsp3) is 0.250. The maximum absolute atomic E-state index is 12.3. The van der Waals surface area contributed by atoms with Crippen LogP contribution in [0.4, 0.5) is 5.69 Å². The zero-order chi connectivity index (χ0) is 21.6. The minimum absolute atomic E-state index is 0.369. The maximum atomic E-state index is 12.3. The van der Waals surface area contributed by atoms with Gasteiger partial charge in [-0.05, 0) is 43.7 Å². The second-order valence-electron chi connectivity index (χ2n) is 6.12. The highest BCUT2D eigenvalue weighted by Crippen LogP contribution is 2.31. The van der Waals surface area contributed by atoms with Crippen molar-refractivity contribution in [1.82, 2.24) is 5.32 Å². The predicted molar refractivity (Wildman–Crippen MR) is 113 cm³/mol. The standard InChI is InChI=1S/C20H20BrClN2O5/c1-11-7-16(17(28-3)9-15(11)22)24-19(26)12(2)29-18(25)10-23-20(27)13-5-4-6-14(21)8-13/h4-9,12H,10H2,1-3H3,(H,23,27)(H,24,26). The Kier molecular flexibility index (Phi) is 8.04. The van der Waals surface area contributed by atoms with Crippen LogP contribution in [-0.4, -0.2) is 37.5 Å².